The Bertz CT molecular complexity index is 490. The van der Waals surface area contributed by atoms with Crippen molar-refractivity contribution in [1.29, 1.82) is 0 Å². The monoisotopic (exact) mass is 256 g/mol. The van der Waals surface area contributed by atoms with E-state index in [4.69, 9.17) is 27.6 Å². The summed E-state index contributed by atoms with van der Waals surface area (Å²) < 4.78 is 4.96. The lowest BCUT2D eigenvalue weighted by molar-refractivity contribution is 0.101. The third-order valence-corrected chi connectivity index (χ3v) is 3.30. The lowest BCUT2D eigenvalue weighted by Crippen LogP contribution is -2.21. The largest absolute Gasteiger partial charge is 0.472 e. The van der Waals surface area contributed by atoms with Crippen molar-refractivity contribution in [3.8, 4) is 0 Å². The van der Waals surface area contributed by atoms with Gasteiger partial charge >= 0.3 is 0 Å². The molecule has 2 aromatic rings. The number of rotatable bonds is 2. The number of benzene rings is 1. The normalized spacial score (nSPS) is 14.8. The molecule has 2 nitrogen and oxygen atoms in total. The fourth-order valence-electron chi connectivity index (χ4n) is 1.51. The van der Waals surface area contributed by atoms with E-state index < -0.39 is 5.60 Å². The second kappa shape index (κ2) is 4.13. The Morgan fingerprint density at radius 3 is 2.44 bits per heavy atom. The van der Waals surface area contributed by atoms with Gasteiger partial charge in [0.05, 0.1) is 22.6 Å². The summed E-state index contributed by atoms with van der Waals surface area (Å²) in [6.07, 6.45) is 3.02. The summed E-state index contributed by atoms with van der Waals surface area (Å²) in [6.45, 7) is 1.68. The van der Waals surface area contributed by atoms with Gasteiger partial charge in [-0.15, -0.1) is 0 Å². The van der Waals surface area contributed by atoms with E-state index in [0.717, 1.165) is 0 Å². The van der Waals surface area contributed by atoms with E-state index in [1.807, 2.05) is 0 Å². The van der Waals surface area contributed by atoms with Gasteiger partial charge in [-0.1, -0.05) is 29.3 Å². The average Bonchev–Trinajstić information content (AvgIpc) is 2.75. The average molecular weight is 257 g/mol. The number of aliphatic hydroxyl groups is 1. The molecule has 0 saturated carbocycles. The van der Waals surface area contributed by atoms with Gasteiger partial charge in [0.2, 0.25) is 0 Å². The summed E-state index contributed by atoms with van der Waals surface area (Å²) in [5.41, 5.74) is 0.204. The molecule has 0 saturated heterocycles. The zero-order valence-corrected chi connectivity index (χ0v) is 10.1. The van der Waals surface area contributed by atoms with Crippen molar-refractivity contribution >= 4 is 23.2 Å². The first-order valence-electron chi connectivity index (χ1n) is 4.72. The maximum absolute atomic E-state index is 10.4. The Labute approximate surface area is 103 Å². The fraction of sp³-hybridized carbons (Fsp3) is 0.167. The van der Waals surface area contributed by atoms with Crippen LogP contribution in [0.3, 0.4) is 0 Å². The molecule has 0 fully saturated rings. The third-order valence-electron chi connectivity index (χ3n) is 2.57. The summed E-state index contributed by atoms with van der Waals surface area (Å²) in [5, 5.41) is 11.3. The molecule has 1 aromatic heterocycles. The van der Waals surface area contributed by atoms with E-state index in [1.165, 1.54) is 12.5 Å². The molecule has 16 heavy (non-hydrogen) atoms. The minimum atomic E-state index is -1.14. The van der Waals surface area contributed by atoms with Crippen molar-refractivity contribution in [2.75, 3.05) is 0 Å². The van der Waals surface area contributed by atoms with Crippen molar-refractivity contribution in [2.45, 2.75) is 12.5 Å². The van der Waals surface area contributed by atoms with Crippen LogP contribution in [0.1, 0.15) is 18.1 Å². The van der Waals surface area contributed by atoms with Crippen LogP contribution < -0.4 is 0 Å². The predicted octanol–water partition coefficient (Wildman–Crippen LogP) is 3.84. The molecule has 1 heterocycles. The lowest BCUT2D eigenvalue weighted by Gasteiger charge is -2.22. The Hall–Kier alpha value is -0.960. The smallest absolute Gasteiger partial charge is 0.115 e. The highest BCUT2D eigenvalue weighted by atomic mass is 35.5. The van der Waals surface area contributed by atoms with Crippen LogP contribution >= 0.6 is 23.2 Å². The molecule has 2 rings (SSSR count). The zero-order chi connectivity index (χ0) is 11.8. The predicted molar refractivity (Wildman–Crippen MR) is 63.8 cm³/mol. The first kappa shape index (κ1) is 11.5. The molecule has 0 aliphatic rings. The molecule has 0 bridgehead atoms. The van der Waals surface area contributed by atoms with E-state index in [-0.39, 0.29) is 0 Å². The Morgan fingerprint density at radius 2 is 1.88 bits per heavy atom. The molecule has 4 heteroatoms. The molecular weight excluding hydrogens is 247 g/mol. The molecule has 0 spiro atoms. The first-order chi connectivity index (χ1) is 7.51. The Kier molecular flexibility index (Phi) is 2.98. The van der Waals surface area contributed by atoms with E-state index in [0.29, 0.717) is 21.2 Å². The van der Waals surface area contributed by atoms with E-state index in [2.05, 4.69) is 0 Å². The minimum Gasteiger partial charge on any atom is -0.472 e. The van der Waals surface area contributed by atoms with E-state index in [1.54, 1.807) is 31.2 Å². The van der Waals surface area contributed by atoms with Crippen LogP contribution in [0.5, 0.6) is 0 Å². The van der Waals surface area contributed by atoms with Crippen LogP contribution in [-0.2, 0) is 5.60 Å². The summed E-state index contributed by atoms with van der Waals surface area (Å²) in [7, 11) is 0. The summed E-state index contributed by atoms with van der Waals surface area (Å²) in [6, 6.07) is 6.76. The molecule has 0 radical (unpaired) electrons. The number of hydrogen-bond acceptors (Lipinski definition) is 2. The second-order valence-corrected chi connectivity index (χ2v) is 4.53. The van der Waals surface area contributed by atoms with Crippen LogP contribution in [0.15, 0.2) is 41.2 Å². The summed E-state index contributed by atoms with van der Waals surface area (Å²) in [4.78, 5) is 0. The number of hydrogen-bond donors (Lipinski definition) is 1. The summed E-state index contributed by atoms with van der Waals surface area (Å²) >= 11 is 11.7. The van der Waals surface area contributed by atoms with Gasteiger partial charge in [0.15, 0.2) is 0 Å². The number of furan rings is 1. The minimum absolute atomic E-state index is 0.419. The fourth-order valence-corrected chi connectivity index (χ4v) is 1.81. The Morgan fingerprint density at radius 1 is 1.12 bits per heavy atom. The van der Waals surface area contributed by atoms with Gasteiger partial charge in [-0.05, 0) is 30.7 Å². The molecular formula is C12H10Cl2O2. The van der Waals surface area contributed by atoms with Gasteiger partial charge in [0, 0.05) is 5.56 Å². The highest BCUT2D eigenvalue weighted by molar-refractivity contribution is 6.42. The van der Waals surface area contributed by atoms with E-state index in [9.17, 15) is 5.11 Å². The standard InChI is InChI=1S/C12H10Cl2O2/c1-12(15,9-4-5-16-7-9)8-2-3-10(13)11(14)6-8/h2-7,15H,1H3. The molecule has 1 N–H and O–H groups in total. The quantitative estimate of drug-likeness (QED) is 0.886. The highest BCUT2D eigenvalue weighted by Crippen LogP contribution is 2.33. The molecule has 1 unspecified atom stereocenters. The zero-order valence-electron chi connectivity index (χ0n) is 8.58. The van der Waals surface area contributed by atoms with Crippen molar-refractivity contribution in [1.82, 2.24) is 0 Å². The van der Waals surface area contributed by atoms with Crippen molar-refractivity contribution in [3.05, 3.63) is 58.0 Å². The molecule has 1 aromatic carbocycles. The molecule has 84 valence electrons. The van der Waals surface area contributed by atoms with Crippen LogP contribution in [-0.4, -0.2) is 5.11 Å². The van der Waals surface area contributed by atoms with Crippen LogP contribution in [0.4, 0.5) is 0 Å². The van der Waals surface area contributed by atoms with Gasteiger partial charge in [0.1, 0.15) is 5.60 Å². The third kappa shape index (κ3) is 1.96. The van der Waals surface area contributed by atoms with Crippen molar-refractivity contribution < 1.29 is 9.52 Å². The van der Waals surface area contributed by atoms with Gasteiger partial charge in [-0.25, -0.2) is 0 Å². The first-order valence-corrected chi connectivity index (χ1v) is 5.48. The Balaban J connectivity index is 2.47. The van der Waals surface area contributed by atoms with E-state index >= 15 is 0 Å². The van der Waals surface area contributed by atoms with Crippen LogP contribution in [0.25, 0.3) is 0 Å². The second-order valence-electron chi connectivity index (χ2n) is 3.71. The van der Waals surface area contributed by atoms with Crippen LogP contribution in [0, 0.1) is 0 Å². The van der Waals surface area contributed by atoms with Gasteiger partial charge in [-0.3, -0.25) is 0 Å². The maximum Gasteiger partial charge on any atom is 0.115 e. The molecule has 0 amide bonds. The number of halogens is 2. The highest BCUT2D eigenvalue weighted by Gasteiger charge is 2.27. The van der Waals surface area contributed by atoms with Crippen molar-refractivity contribution in [3.63, 3.8) is 0 Å². The van der Waals surface area contributed by atoms with Crippen LogP contribution in [0.2, 0.25) is 10.0 Å². The van der Waals surface area contributed by atoms with Gasteiger partial charge in [0.25, 0.3) is 0 Å². The topological polar surface area (TPSA) is 33.4 Å². The SMILES string of the molecule is CC(O)(c1ccoc1)c1ccc(Cl)c(Cl)c1. The lowest BCUT2D eigenvalue weighted by atomic mass is 9.90. The maximum atomic E-state index is 10.4. The molecule has 0 aliphatic heterocycles. The molecule has 0 aliphatic carbocycles. The summed E-state index contributed by atoms with van der Waals surface area (Å²) in [5.74, 6) is 0. The van der Waals surface area contributed by atoms with Gasteiger partial charge < -0.3 is 9.52 Å². The van der Waals surface area contributed by atoms with Gasteiger partial charge in [-0.2, -0.15) is 0 Å². The molecule has 1 atom stereocenters. The van der Waals surface area contributed by atoms with Crippen molar-refractivity contribution in [2.24, 2.45) is 0 Å².